The normalized spacial score (nSPS) is 18.4. The van der Waals surface area contributed by atoms with Gasteiger partial charge in [0.2, 0.25) is 0 Å². The molecule has 4 heterocycles. The molecule has 13 heteroatoms. The number of hydrogen-bond acceptors (Lipinski definition) is 10. The Morgan fingerprint density at radius 2 is 1.74 bits per heavy atom. The molecule has 2 aromatic heterocycles. The van der Waals surface area contributed by atoms with E-state index in [1.807, 2.05) is 52.8 Å². The van der Waals surface area contributed by atoms with Gasteiger partial charge >= 0.3 is 6.09 Å². The van der Waals surface area contributed by atoms with Crippen LogP contribution in [0.15, 0.2) is 22.7 Å². The fourth-order valence-electron chi connectivity index (χ4n) is 7.42. The Morgan fingerprint density at radius 1 is 1.07 bits per heavy atom. The average molecular weight is 782 g/mol. The summed E-state index contributed by atoms with van der Waals surface area (Å²) in [5, 5.41) is 4.75. The molecule has 1 aliphatic carbocycles. The van der Waals surface area contributed by atoms with Gasteiger partial charge in [0.1, 0.15) is 29.5 Å². The van der Waals surface area contributed by atoms with E-state index in [4.69, 9.17) is 40.0 Å². The number of likely N-dealkylation sites (tertiary alicyclic amines) is 1. The second-order valence-electron chi connectivity index (χ2n) is 18.5. The number of carbonyl (C=O) groups excluding carboxylic acids is 1. The zero-order chi connectivity index (χ0) is 39.4. The summed E-state index contributed by atoms with van der Waals surface area (Å²) in [6, 6.07) is 6.40. The average Bonchev–Trinajstić information content (AvgIpc) is 3.86. The molecular formula is C41H61ClN6O5Si. The van der Waals surface area contributed by atoms with Gasteiger partial charge in [0.15, 0.2) is 14.1 Å². The summed E-state index contributed by atoms with van der Waals surface area (Å²) in [6.07, 6.45) is 4.37. The van der Waals surface area contributed by atoms with E-state index < -0.39 is 26.1 Å². The van der Waals surface area contributed by atoms with Crippen LogP contribution in [-0.2, 0) is 9.16 Å². The van der Waals surface area contributed by atoms with Crippen molar-refractivity contribution in [3.05, 3.63) is 40.2 Å². The van der Waals surface area contributed by atoms with Crippen LogP contribution in [0.5, 0.6) is 5.75 Å². The number of hydrogen-bond donors (Lipinski definition) is 0. The number of piperidine rings is 1. The third kappa shape index (κ3) is 8.92. The van der Waals surface area contributed by atoms with Crippen LogP contribution in [0.4, 0.5) is 10.6 Å². The summed E-state index contributed by atoms with van der Waals surface area (Å²) >= 11 is 6.95. The third-order valence-electron chi connectivity index (χ3n) is 11.7. The molecule has 0 radical (unpaired) electrons. The van der Waals surface area contributed by atoms with E-state index in [0.717, 1.165) is 47.5 Å². The molecule has 1 aromatic carbocycles. The number of benzene rings is 1. The minimum atomic E-state index is -2.23. The smallest absolute Gasteiger partial charge is 0.410 e. The monoisotopic (exact) mass is 780 g/mol. The summed E-state index contributed by atoms with van der Waals surface area (Å²) in [4.78, 5) is 30.0. The number of aryl methyl sites for hydroxylation is 2. The zero-order valence-corrected chi connectivity index (χ0v) is 36.3. The van der Waals surface area contributed by atoms with Crippen molar-refractivity contribution in [3.8, 4) is 28.4 Å². The maximum atomic E-state index is 13.0. The van der Waals surface area contributed by atoms with E-state index in [1.54, 1.807) is 11.9 Å². The van der Waals surface area contributed by atoms with E-state index >= 15 is 0 Å². The number of rotatable bonds is 11. The summed E-state index contributed by atoms with van der Waals surface area (Å²) in [6.45, 7) is 27.4. The summed E-state index contributed by atoms with van der Waals surface area (Å²) < 4.78 is 24.6. The van der Waals surface area contributed by atoms with Crippen LogP contribution in [-0.4, -0.2) is 103 Å². The molecule has 1 unspecified atom stereocenters. The molecule has 6 rings (SSSR count). The van der Waals surface area contributed by atoms with E-state index in [-0.39, 0.29) is 11.6 Å². The topological polar surface area (TPSA) is 106 Å². The highest BCUT2D eigenvalue weighted by Crippen LogP contribution is 2.46. The van der Waals surface area contributed by atoms with Crippen molar-refractivity contribution in [2.24, 2.45) is 5.41 Å². The lowest BCUT2D eigenvalue weighted by Gasteiger charge is -2.55. The quantitative estimate of drug-likeness (QED) is 0.175. The van der Waals surface area contributed by atoms with Crippen LogP contribution >= 0.6 is 11.6 Å². The molecule has 2 aliphatic heterocycles. The SMILES string of the molecule is Cc1noc(C)c1-c1nc(-c2cc(OCC(CN(C)C(=O)OC(C)(C)C)O[Si](C)(C)C(C)(C)C)ccc2Cl)nc(N2CC3(CCN(C4CC4)CC3)C2)c1C. The summed E-state index contributed by atoms with van der Waals surface area (Å²) in [7, 11) is -0.498. The number of carbonyl (C=O) groups is 1. The van der Waals surface area contributed by atoms with Gasteiger partial charge in [0.25, 0.3) is 0 Å². The van der Waals surface area contributed by atoms with Crippen LogP contribution in [0, 0.1) is 26.2 Å². The predicted molar refractivity (Wildman–Crippen MR) is 217 cm³/mol. The Morgan fingerprint density at radius 3 is 2.31 bits per heavy atom. The van der Waals surface area contributed by atoms with Crippen molar-refractivity contribution in [2.45, 2.75) is 124 Å². The number of aromatic nitrogens is 3. The Hall–Kier alpha value is -3.19. The Balaban J connectivity index is 1.27. The van der Waals surface area contributed by atoms with Gasteiger partial charge < -0.3 is 33.1 Å². The van der Waals surface area contributed by atoms with E-state index in [2.05, 4.69) is 55.7 Å². The molecule has 1 spiro atoms. The lowest BCUT2D eigenvalue weighted by Crippen LogP contribution is -2.61. The second-order valence-corrected chi connectivity index (χ2v) is 23.6. The van der Waals surface area contributed by atoms with Gasteiger partial charge in [0.05, 0.1) is 34.6 Å². The number of nitrogens with zero attached hydrogens (tertiary/aromatic N) is 6. The molecular weight excluding hydrogens is 720 g/mol. The van der Waals surface area contributed by atoms with Gasteiger partial charge in [-0.3, -0.25) is 0 Å². The summed E-state index contributed by atoms with van der Waals surface area (Å²) in [5.41, 5.74) is 3.86. The first kappa shape index (κ1) is 40.5. The van der Waals surface area contributed by atoms with Crippen LogP contribution < -0.4 is 9.64 Å². The van der Waals surface area contributed by atoms with Gasteiger partial charge in [-0.15, -0.1) is 0 Å². The van der Waals surface area contributed by atoms with Crippen molar-refractivity contribution >= 4 is 31.8 Å². The van der Waals surface area contributed by atoms with Gasteiger partial charge in [-0.25, -0.2) is 14.8 Å². The minimum absolute atomic E-state index is 0.0351. The van der Waals surface area contributed by atoms with E-state index in [1.165, 1.54) is 38.8 Å². The van der Waals surface area contributed by atoms with Gasteiger partial charge in [-0.1, -0.05) is 37.5 Å². The van der Waals surface area contributed by atoms with Crippen molar-refractivity contribution in [1.29, 1.82) is 0 Å². The highest BCUT2D eigenvalue weighted by molar-refractivity contribution is 6.74. The minimum Gasteiger partial charge on any atom is -0.491 e. The number of anilines is 1. The van der Waals surface area contributed by atoms with Crippen molar-refractivity contribution in [3.63, 3.8) is 0 Å². The first-order chi connectivity index (χ1) is 25.2. The molecule has 296 valence electrons. The van der Waals surface area contributed by atoms with Gasteiger partial charge in [-0.2, -0.15) is 0 Å². The first-order valence-electron chi connectivity index (χ1n) is 19.5. The zero-order valence-electron chi connectivity index (χ0n) is 34.6. The highest BCUT2D eigenvalue weighted by atomic mass is 35.5. The predicted octanol–water partition coefficient (Wildman–Crippen LogP) is 9.08. The number of halogens is 1. The van der Waals surface area contributed by atoms with Crippen LogP contribution in [0.3, 0.4) is 0 Å². The highest BCUT2D eigenvalue weighted by Gasteiger charge is 2.48. The van der Waals surface area contributed by atoms with Crippen molar-refractivity contribution in [1.82, 2.24) is 24.9 Å². The van der Waals surface area contributed by atoms with Crippen molar-refractivity contribution < 1.29 is 23.2 Å². The molecule has 1 amide bonds. The lowest BCUT2D eigenvalue weighted by molar-refractivity contribution is 0.0172. The van der Waals surface area contributed by atoms with E-state index in [9.17, 15) is 4.79 Å². The first-order valence-corrected chi connectivity index (χ1v) is 22.8. The molecule has 3 aliphatic rings. The molecule has 11 nitrogen and oxygen atoms in total. The van der Waals surface area contributed by atoms with Crippen LogP contribution in [0.25, 0.3) is 22.6 Å². The maximum Gasteiger partial charge on any atom is 0.410 e. The molecule has 0 bridgehead atoms. The number of likely N-dealkylation sites (N-methyl/N-ethyl adjacent to an activating group) is 1. The molecule has 54 heavy (non-hydrogen) atoms. The second kappa shape index (κ2) is 15.0. The molecule has 3 fully saturated rings. The van der Waals surface area contributed by atoms with Crippen LogP contribution in [0.2, 0.25) is 23.2 Å². The van der Waals surface area contributed by atoms with Crippen LogP contribution in [0.1, 0.15) is 84.2 Å². The Kier molecular flexibility index (Phi) is 11.3. The largest absolute Gasteiger partial charge is 0.491 e. The standard InChI is InChI=1S/C41H61ClN6O5Si/c1-26-35(34-27(2)45-52-28(34)3)43-36(44-37(26)48-24-41(25-48)17-19-47(20-18-41)29-13-14-29)32-21-30(15-16-33(32)42)50-23-31(53-54(11,12)40(7,8)9)22-46(10)38(49)51-39(4,5)6/h15-16,21,29,31H,13-14,17-20,22-25H2,1-12H3. The fraction of sp³-hybridized carbons (Fsp3) is 0.659. The Bertz CT molecular complexity index is 1810. The summed E-state index contributed by atoms with van der Waals surface area (Å²) in [5.74, 6) is 2.75. The van der Waals surface area contributed by atoms with Crippen molar-refractivity contribution in [2.75, 3.05) is 51.3 Å². The van der Waals surface area contributed by atoms with Gasteiger partial charge in [-0.05, 0) is 117 Å². The molecule has 1 saturated carbocycles. The third-order valence-corrected chi connectivity index (χ3v) is 16.6. The molecule has 0 N–H and O–H groups in total. The fourth-order valence-corrected chi connectivity index (χ4v) is 8.95. The Labute approximate surface area is 328 Å². The number of amides is 1. The van der Waals surface area contributed by atoms with Gasteiger partial charge in [0, 0.05) is 42.7 Å². The lowest BCUT2D eigenvalue weighted by atomic mass is 9.72. The molecule has 3 aromatic rings. The maximum absolute atomic E-state index is 13.0. The molecule has 2 saturated heterocycles. The number of ether oxygens (including phenoxy) is 2. The van der Waals surface area contributed by atoms with E-state index in [0.29, 0.717) is 39.9 Å². The molecule has 1 atom stereocenters.